The van der Waals surface area contributed by atoms with Crippen LogP contribution in [0.5, 0.6) is 0 Å². The van der Waals surface area contributed by atoms with Gasteiger partial charge in [0, 0.05) is 0 Å². The number of hydrogen-bond donors (Lipinski definition) is 2. The summed E-state index contributed by atoms with van der Waals surface area (Å²) in [5.74, 6) is -1.69. The van der Waals surface area contributed by atoms with E-state index >= 15 is 0 Å². The number of allylic oxidation sites excluding steroid dienone is 1. The number of aliphatic carboxylic acids is 1. The molecule has 0 aliphatic rings. The van der Waals surface area contributed by atoms with E-state index < -0.39 is 17.5 Å². The minimum absolute atomic E-state index is 0.423. The highest BCUT2D eigenvalue weighted by molar-refractivity contribution is 5.71. The molecule has 0 aromatic carbocycles. The van der Waals surface area contributed by atoms with Gasteiger partial charge in [-0.05, 0) is 27.2 Å². The molecule has 0 amide bonds. The van der Waals surface area contributed by atoms with E-state index in [1.165, 1.54) is 6.92 Å². The second-order valence-corrected chi connectivity index (χ2v) is 3.75. The molecule has 0 heterocycles. The molecule has 13 heavy (non-hydrogen) atoms. The van der Waals surface area contributed by atoms with Crippen molar-refractivity contribution >= 4 is 5.97 Å². The van der Waals surface area contributed by atoms with Crippen molar-refractivity contribution in [3.8, 4) is 0 Å². The van der Waals surface area contributed by atoms with E-state index in [9.17, 15) is 9.90 Å². The van der Waals surface area contributed by atoms with E-state index in [1.807, 2.05) is 13.8 Å². The van der Waals surface area contributed by atoms with Crippen LogP contribution >= 0.6 is 0 Å². The largest absolute Gasteiger partial charge is 0.481 e. The van der Waals surface area contributed by atoms with Gasteiger partial charge in [-0.1, -0.05) is 18.6 Å². The van der Waals surface area contributed by atoms with Crippen molar-refractivity contribution in [3.05, 3.63) is 11.6 Å². The number of hydrogen-bond acceptors (Lipinski definition) is 2. The molecule has 0 aliphatic heterocycles. The SMILES string of the molecule is CCC(C(=O)O)C(C)(O)C=C(C)C. The van der Waals surface area contributed by atoms with Crippen molar-refractivity contribution in [2.75, 3.05) is 0 Å². The first kappa shape index (κ1) is 12.2. The van der Waals surface area contributed by atoms with Crippen molar-refractivity contribution in [1.82, 2.24) is 0 Å². The van der Waals surface area contributed by atoms with Crippen LogP contribution < -0.4 is 0 Å². The van der Waals surface area contributed by atoms with Crippen LogP contribution in [0.2, 0.25) is 0 Å². The minimum Gasteiger partial charge on any atom is -0.481 e. The number of carbonyl (C=O) groups is 1. The molecule has 0 saturated carbocycles. The van der Waals surface area contributed by atoms with E-state index in [4.69, 9.17) is 5.11 Å². The highest BCUT2D eigenvalue weighted by atomic mass is 16.4. The Labute approximate surface area is 79.1 Å². The third-order valence-electron chi connectivity index (χ3n) is 1.99. The Balaban J connectivity index is 4.77. The van der Waals surface area contributed by atoms with Crippen LogP contribution in [0.1, 0.15) is 34.1 Å². The summed E-state index contributed by atoms with van der Waals surface area (Å²) >= 11 is 0. The van der Waals surface area contributed by atoms with Gasteiger partial charge in [0.15, 0.2) is 0 Å². The summed E-state index contributed by atoms with van der Waals surface area (Å²) in [5, 5.41) is 18.7. The van der Waals surface area contributed by atoms with Gasteiger partial charge in [-0.15, -0.1) is 0 Å². The lowest BCUT2D eigenvalue weighted by Gasteiger charge is -2.26. The fourth-order valence-corrected chi connectivity index (χ4v) is 1.52. The molecule has 2 unspecified atom stereocenters. The molecule has 0 aliphatic carbocycles. The van der Waals surface area contributed by atoms with E-state index in [-0.39, 0.29) is 0 Å². The lowest BCUT2D eigenvalue weighted by Crippen LogP contribution is -2.37. The first-order valence-electron chi connectivity index (χ1n) is 4.42. The monoisotopic (exact) mass is 186 g/mol. The van der Waals surface area contributed by atoms with Crippen molar-refractivity contribution in [3.63, 3.8) is 0 Å². The first-order valence-corrected chi connectivity index (χ1v) is 4.42. The molecule has 0 aromatic heterocycles. The van der Waals surface area contributed by atoms with Gasteiger partial charge in [0.1, 0.15) is 0 Å². The molecule has 76 valence electrons. The molecule has 0 spiro atoms. The van der Waals surface area contributed by atoms with Crippen LogP contribution in [0.25, 0.3) is 0 Å². The van der Waals surface area contributed by atoms with Crippen molar-refractivity contribution < 1.29 is 15.0 Å². The average molecular weight is 186 g/mol. The lowest BCUT2D eigenvalue weighted by atomic mass is 9.86. The summed E-state index contributed by atoms with van der Waals surface area (Å²) in [4.78, 5) is 10.8. The van der Waals surface area contributed by atoms with Crippen LogP contribution in [0.4, 0.5) is 0 Å². The van der Waals surface area contributed by atoms with Crippen LogP contribution in [0.3, 0.4) is 0 Å². The summed E-state index contributed by atoms with van der Waals surface area (Å²) < 4.78 is 0. The maximum absolute atomic E-state index is 10.8. The third kappa shape index (κ3) is 3.59. The van der Waals surface area contributed by atoms with Crippen molar-refractivity contribution in [2.24, 2.45) is 5.92 Å². The smallest absolute Gasteiger partial charge is 0.309 e. The van der Waals surface area contributed by atoms with Gasteiger partial charge in [-0.2, -0.15) is 0 Å². The molecule has 3 heteroatoms. The zero-order valence-electron chi connectivity index (χ0n) is 8.66. The zero-order chi connectivity index (χ0) is 10.6. The Morgan fingerprint density at radius 3 is 2.23 bits per heavy atom. The van der Waals surface area contributed by atoms with Gasteiger partial charge in [0.2, 0.25) is 0 Å². The standard InChI is InChI=1S/C10H18O3/c1-5-8(9(11)12)10(4,13)6-7(2)3/h6,8,13H,5H2,1-4H3,(H,11,12). The molecule has 2 atom stereocenters. The van der Waals surface area contributed by atoms with Crippen molar-refractivity contribution in [1.29, 1.82) is 0 Å². The van der Waals surface area contributed by atoms with Gasteiger partial charge in [-0.3, -0.25) is 4.79 Å². The van der Waals surface area contributed by atoms with Crippen molar-refractivity contribution in [2.45, 2.75) is 39.7 Å². The number of rotatable bonds is 4. The Bertz CT molecular complexity index is 212. The average Bonchev–Trinajstić information content (AvgIpc) is 1.82. The molecular formula is C10H18O3. The van der Waals surface area contributed by atoms with E-state index in [2.05, 4.69) is 0 Å². The predicted molar refractivity (Wildman–Crippen MR) is 51.5 cm³/mol. The molecule has 2 N–H and O–H groups in total. The van der Waals surface area contributed by atoms with Gasteiger partial charge < -0.3 is 10.2 Å². The minimum atomic E-state index is -1.25. The number of carboxylic acid groups (broad SMARTS) is 1. The maximum Gasteiger partial charge on any atom is 0.309 e. The normalized spacial score (nSPS) is 17.3. The Morgan fingerprint density at radius 2 is 2.00 bits per heavy atom. The molecule has 0 saturated heterocycles. The summed E-state index contributed by atoms with van der Waals surface area (Å²) in [6.07, 6.45) is 2.02. The number of aliphatic hydroxyl groups is 1. The Hall–Kier alpha value is -0.830. The topological polar surface area (TPSA) is 57.5 Å². The van der Waals surface area contributed by atoms with Crippen LogP contribution in [0.15, 0.2) is 11.6 Å². The summed E-state index contributed by atoms with van der Waals surface area (Å²) in [6.45, 7) is 6.96. The highest BCUT2D eigenvalue weighted by Gasteiger charge is 2.33. The Kier molecular flexibility index (Phi) is 4.14. The third-order valence-corrected chi connectivity index (χ3v) is 1.99. The van der Waals surface area contributed by atoms with E-state index in [0.29, 0.717) is 6.42 Å². The van der Waals surface area contributed by atoms with Gasteiger partial charge in [-0.25, -0.2) is 0 Å². The molecule has 0 aromatic rings. The number of carboxylic acids is 1. The summed E-state index contributed by atoms with van der Waals surface area (Å²) in [5.41, 5.74) is -0.330. The zero-order valence-corrected chi connectivity index (χ0v) is 8.66. The fourth-order valence-electron chi connectivity index (χ4n) is 1.52. The lowest BCUT2D eigenvalue weighted by molar-refractivity contribution is -0.148. The highest BCUT2D eigenvalue weighted by Crippen LogP contribution is 2.23. The first-order chi connectivity index (χ1) is 5.81. The quantitative estimate of drug-likeness (QED) is 0.658. The van der Waals surface area contributed by atoms with Gasteiger partial charge >= 0.3 is 5.97 Å². The second kappa shape index (κ2) is 4.42. The molecular weight excluding hydrogens is 168 g/mol. The second-order valence-electron chi connectivity index (χ2n) is 3.75. The molecule has 3 nitrogen and oxygen atoms in total. The van der Waals surface area contributed by atoms with E-state index in [0.717, 1.165) is 5.57 Å². The molecule has 0 radical (unpaired) electrons. The molecule has 0 rings (SSSR count). The van der Waals surface area contributed by atoms with Gasteiger partial charge in [0.25, 0.3) is 0 Å². The predicted octanol–water partition coefficient (Wildman–Crippen LogP) is 1.81. The molecule has 0 bridgehead atoms. The maximum atomic E-state index is 10.8. The van der Waals surface area contributed by atoms with E-state index in [1.54, 1.807) is 13.0 Å². The summed E-state index contributed by atoms with van der Waals surface area (Å²) in [7, 11) is 0. The molecule has 0 fully saturated rings. The van der Waals surface area contributed by atoms with Crippen LogP contribution in [0, 0.1) is 5.92 Å². The van der Waals surface area contributed by atoms with Crippen LogP contribution in [-0.4, -0.2) is 21.8 Å². The van der Waals surface area contributed by atoms with Gasteiger partial charge in [0.05, 0.1) is 11.5 Å². The Morgan fingerprint density at radius 1 is 1.54 bits per heavy atom. The summed E-state index contributed by atoms with van der Waals surface area (Å²) in [6, 6.07) is 0. The van der Waals surface area contributed by atoms with Crippen LogP contribution in [-0.2, 0) is 4.79 Å². The fraction of sp³-hybridized carbons (Fsp3) is 0.700.